The van der Waals surface area contributed by atoms with E-state index in [1.54, 1.807) is 0 Å². The molecule has 0 heterocycles. The highest BCUT2D eigenvalue weighted by molar-refractivity contribution is 9.09. The molecule has 4 aromatic rings. The van der Waals surface area contributed by atoms with Gasteiger partial charge in [0.1, 0.15) is 16.8 Å². The highest BCUT2D eigenvalue weighted by Gasteiger charge is 2.26. The molecule has 0 bridgehead atoms. The Bertz CT molecular complexity index is 1640. The van der Waals surface area contributed by atoms with Gasteiger partial charge in [0.05, 0.1) is 26.4 Å². The molecule has 0 fully saturated rings. The maximum absolute atomic E-state index is 8.42. The maximum atomic E-state index is 8.42. The van der Waals surface area contributed by atoms with Gasteiger partial charge >= 0.3 is 0 Å². The predicted molar refractivity (Wildman–Crippen MR) is 197 cm³/mol. The minimum absolute atomic E-state index is 0.0718. The van der Waals surface area contributed by atoms with E-state index in [2.05, 4.69) is 107 Å². The summed E-state index contributed by atoms with van der Waals surface area (Å²) in [4.78, 5) is 38.2. The van der Waals surface area contributed by atoms with Gasteiger partial charge in [-0.25, -0.2) is 34.2 Å². The third-order valence-corrected chi connectivity index (χ3v) is 9.13. The van der Waals surface area contributed by atoms with Gasteiger partial charge in [-0.3, -0.25) is 5.26 Å². The van der Waals surface area contributed by atoms with Crippen molar-refractivity contribution in [3.8, 4) is 0 Å². The average molecular weight is 742 g/mol. The number of hydrogen-bond donors (Lipinski definition) is 1. The van der Waals surface area contributed by atoms with Crippen LogP contribution in [0.5, 0.6) is 0 Å². The second kappa shape index (κ2) is 17.2. The summed E-state index contributed by atoms with van der Waals surface area (Å²) in [5.74, 6) is 0. The summed E-state index contributed by atoms with van der Waals surface area (Å²) in [6.07, 6.45) is 2.96. The van der Waals surface area contributed by atoms with Crippen LogP contribution in [0.15, 0.2) is 72.8 Å². The topological polar surface area (TPSA) is 84.8 Å². The normalized spacial score (nSPS) is 13.1. The average Bonchev–Trinajstić information content (AvgIpc) is 3.06. The van der Waals surface area contributed by atoms with E-state index >= 15 is 0 Å². The monoisotopic (exact) mass is 740 g/mol. The molecule has 0 amide bonds. The van der Waals surface area contributed by atoms with Crippen molar-refractivity contribution in [2.75, 3.05) is 26.4 Å². The Labute approximate surface area is 299 Å². The van der Waals surface area contributed by atoms with Crippen molar-refractivity contribution in [2.24, 2.45) is 0 Å². The van der Waals surface area contributed by atoms with Gasteiger partial charge in [-0.15, -0.1) is 0 Å². The lowest BCUT2D eigenvalue weighted by atomic mass is 9.92. The quantitative estimate of drug-likeness (QED) is 0.0415. The van der Waals surface area contributed by atoms with Crippen molar-refractivity contribution >= 4 is 37.5 Å². The molecule has 0 radical (unpaired) electrons. The van der Waals surface area contributed by atoms with Crippen LogP contribution in [0.4, 0.5) is 0 Å². The second-order valence-corrected chi connectivity index (χ2v) is 16.5. The molecule has 4 aromatic carbocycles. The summed E-state index contributed by atoms with van der Waals surface area (Å²) < 4.78 is -0.0718. The highest BCUT2D eigenvalue weighted by atomic mass is 79.9. The molecular weight excluding hydrogens is 688 g/mol. The minimum atomic E-state index is -0.639. The van der Waals surface area contributed by atoms with Crippen LogP contribution in [-0.4, -0.2) is 31.7 Å². The molecule has 49 heavy (non-hydrogen) atoms. The molecular formula is C40H53BrO8. The SMILES string of the molecule is CC(C)(Br)c1ccc2cc(C(C)(C)OOCCCCOOC(C)(C)c3ccc4cc(C(C)(C)OOCCCCOO)ccc4c3)ccc2c1. The Morgan fingerprint density at radius 1 is 0.449 bits per heavy atom. The highest BCUT2D eigenvalue weighted by Crippen LogP contribution is 2.35. The molecule has 268 valence electrons. The van der Waals surface area contributed by atoms with Crippen molar-refractivity contribution in [2.45, 2.75) is 102 Å². The first-order valence-electron chi connectivity index (χ1n) is 17.1. The summed E-state index contributed by atoms with van der Waals surface area (Å²) in [6.45, 7) is 17.9. The number of alkyl halides is 1. The van der Waals surface area contributed by atoms with Crippen LogP contribution in [0.2, 0.25) is 0 Å². The number of fused-ring (bicyclic) bond motifs is 2. The molecule has 9 heteroatoms. The summed E-state index contributed by atoms with van der Waals surface area (Å²) >= 11 is 3.75. The zero-order valence-corrected chi connectivity index (χ0v) is 31.9. The number of benzene rings is 4. The number of halogens is 1. The van der Waals surface area contributed by atoms with Crippen molar-refractivity contribution in [3.05, 3.63) is 95.1 Å². The molecule has 0 aliphatic heterocycles. The molecule has 0 spiro atoms. The molecule has 4 rings (SSSR count). The number of unbranched alkanes of at least 4 members (excludes halogenated alkanes) is 2. The van der Waals surface area contributed by atoms with Gasteiger partial charge in [0, 0.05) is 4.32 Å². The van der Waals surface area contributed by atoms with E-state index in [4.69, 9.17) is 34.6 Å². The third-order valence-electron chi connectivity index (χ3n) is 8.67. The van der Waals surface area contributed by atoms with Crippen LogP contribution in [-0.2, 0) is 55.3 Å². The van der Waals surface area contributed by atoms with Crippen LogP contribution >= 0.6 is 15.9 Å². The van der Waals surface area contributed by atoms with Crippen LogP contribution in [0.3, 0.4) is 0 Å². The fourth-order valence-electron chi connectivity index (χ4n) is 5.35. The first-order chi connectivity index (χ1) is 23.1. The number of hydrogen-bond acceptors (Lipinski definition) is 8. The van der Waals surface area contributed by atoms with Gasteiger partial charge in [-0.2, -0.15) is 0 Å². The Balaban J connectivity index is 1.19. The van der Waals surface area contributed by atoms with Crippen LogP contribution < -0.4 is 0 Å². The van der Waals surface area contributed by atoms with Crippen molar-refractivity contribution in [3.63, 3.8) is 0 Å². The van der Waals surface area contributed by atoms with Gasteiger partial charge in [0.15, 0.2) is 0 Å². The zero-order valence-electron chi connectivity index (χ0n) is 30.3. The Kier molecular flexibility index (Phi) is 13.8. The Morgan fingerprint density at radius 2 is 0.735 bits per heavy atom. The van der Waals surface area contributed by atoms with E-state index in [-0.39, 0.29) is 10.9 Å². The Morgan fingerprint density at radius 3 is 1.04 bits per heavy atom. The maximum Gasteiger partial charge on any atom is 0.123 e. The second-order valence-electron chi connectivity index (χ2n) is 14.5. The third kappa shape index (κ3) is 11.3. The predicted octanol–water partition coefficient (Wildman–Crippen LogP) is 10.9. The lowest BCUT2D eigenvalue weighted by Crippen LogP contribution is -2.23. The molecule has 0 aromatic heterocycles. The van der Waals surface area contributed by atoms with E-state index in [0.29, 0.717) is 26.2 Å². The molecule has 0 unspecified atom stereocenters. The van der Waals surface area contributed by atoms with Crippen molar-refractivity contribution in [1.82, 2.24) is 0 Å². The molecule has 0 aliphatic rings. The summed E-state index contributed by atoms with van der Waals surface area (Å²) in [6, 6.07) is 25.5. The molecule has 0 atom stereocenters. The van der Waals surface area contributed by atoms with E-state index in [9.17, 15) is 0 Å². The first kappa shape index (κ1) is 39.3. The zero-order chi connectivity index (χ0) is 35.7. The van der Waals surface area contributed by atoms with E-state index in [1.807, 2.05) is 41.5 Å². The molecule has 8 nitrogen and oxygen atoms in total. The van der Waals surface area contributed by atoms with Gasteiger partial charge in [-0.1, -0.05) is 64.5 Å². The van der Waals surface area contributed by atoms with Crippen LogP contribution in [0.25, 0.3) is 21.5 Å². The smallest absolute Gasteiger partial charge is 0.123 e. The summed E-state index contributed by atoms with van der Waals surface area (Å²) in [5, 5.41) is 13.0. The van der Waals surface area contributed by atoms with E-state index < -0.39 is 16.8 Å². The van der Waals surface area contributed by atoms with E-state index in [1.165, 1.54) is 16.3 Å². The molecule has 0 saturated carbocycles. The van der Waals surface area contributed by atoms with Gasteiger partial charge < -0.3 is 0 Å². The van der Waals surface area contributed by atoms with E-state index in [0.717, 1.165) is 46.7 Å². The van der Waals surface area contributed by atoms with Crippen LogP contribution in [0.1, 0.15) is 103 Å². The van der Waals surface area contributed by atoms with Crippen molar-refractivity contribution in [1.29, 1.82) is 0 Å². The lowest BCUT2D eigenvalue weighted by Gasteiger charge is -2.26. The minimum Gasteiger partial charge on any atom is -0.252 e. The first-order valence-corrected chi connectivity index (χ1v) is 17.9. The lowest BCUT2D eigenvalue weighted by molar-refractivity contribution is -0.365. The largest absolute Gasteiger partial charge is 0.252 e. The van der Waals surface area contributed by atoms with Gasteiger partial charge in [-0.05, 0) is 149 Å². The standard InChI is InChI=1S/C40H53BrO8/c1-37(2,41)33-17-13-30-26-34(18-14-29(30)25-33)38(3,4)48-45-23-11-12-24-46-49-40(7,8)36-20-16-31-27-35(19-15-32(31)28-36)39(5,6)47-44-22-10-9-21-43-42/h13-20,25-28,42H,9-12,21-24H2,1-8H3. The number of rotatable bonds is 20. The molecule has 0 aliphatic carbocycles. The fourth-order valence-corrected chi connectivity index (χ4v) is 5.59. The summed E-state index contributed by atoms with van der Waals surface area (Å²) in [5.41, 5.74) is 2.45. The van der Waals surface area contributed by atoms with Gasteiger partial charge in [0.2, 0.25) is 0 Å². The van der Waals surface area contributed by atoms with Gasteiger partial charge in [0.25, 0.3) is 0 Å². The Hall–Kier alpha value is -2.44. The summed E-state index contributed by atoms with van der Waals surface area (Å²) in [7, 11) is 0. The molecule has 0 saturated heterocycles. The fraction of sp³-hybridized carbons (Fsp3) is 0.500. The van der Waals surface area contributed by atoms with Crippen LogP contribution in [0, 0.1) is 0 Å². The molecule has 1 N–H and O–H groups in total. The van der Waals surface area contributed by atoms with Crippen molar-refractivity contribution < 1.29 is 39.5 Å².